The number of nitro benzene ring substituents is 1. The molecule has 21 heavy (non-hydrogen) atoms. The van der Waals surface area contributed by atoms with Gasteiger partial charge in [0.2, 0.25) is 0 Å². The third kappa shape index (κ3) is 4.51. The van der Waals surface area contributed by atoms with E-state index in [0.717, 1.165) is 31.5 Å². The molecule has 118 valence electrons. The standard InChI is InChI=1S/C16H27N3O2/c1-4-10-18(11-5-2)16(3,13-17)12-14-8-6-7-9-15(14)19(20)21/h6-9H,4-5,10-13,17H2,1-3H3. The smallest absolute Gasteiger partial charge is 0.272 e. The molecule has 0 saturated heterocycles. The third-order valence-corrected chi connectivity index (χ3v) is 3.95. The second-order valence-electron chi connectivity index (χ2n) is 5.75. The number of nitrogens with two attached hydrogens (primary N) is 1. The van der Waals surface area contributed by atoms with Crippen LogP contribution >= 0.6 is 0 Å². The van der Waals surface area contributed by atoms with Gasteiger partial charge in [-0.2, -0.15) is 0 Å². The first kappa shape index (κ1) is 17.6. The topological polar surface area (TPSA) is 72.4 Å². The maximum Gasteiger partial charge on any atom is 0.272 e. The summed E-state index contributed by atoms with van der Waals surface area (Å²) in [5.74, 6) is 0. The summed E-state index contributed by atoms with van der Waals surface area (Å²) < 4.78 is 0. The molecule has 1 aromatic rings. The second kappa shape index (κ2) is 8.10. The summed E-state index contributed by atoms with van der Waals surface area (Å²) in [7, 11) is 0. The van der Waals surface area contributed by atoms with Crippen molar-refractivity contribution in [3.05, 3.63) is 39.9 Å². The molecule has 1 atom stereocenters. The fraction of sp³-hybridized carbons (Fsp3) is 0.625. The van der Waals surface area contributed by atoms with E-state index < -0.39 is 0 Å². The number of rotatable bonds is 9. The molecule has 0 spiro atoms. The fourth-order valence-electron chi connectivity index (χ4n) is 2.75. The molecule has 0 radical (unpaired) electrons. The molecule has 0 saturated carbocycles. The zero-order chi connectivity index (χ0) is 15.9. The van der Waals surface area contributed by atoms with Crippen LogP contribution in [0, 0.1) is 10.1 Å². The first-order valence-electron chi connectivity index (χ1n) is 7.66. The Morgan fingerprint density at radius 2 is 1.81 bits per heavy atom. The van der Waals surface area contributed by atoms with E-state index in [1.807, 2.05) is 12.1 Å². The molecule has 0 aliphatic rings. The van der Waals surface area contributed by atoms with Crippen LogP contribution in [0.2, 0.25) is 0 Å². The van der Waals surface area contributed by atoms with Gasteiger partial charge in [0, 0.05) is 23.7 Å². The van der Waals surface area contributed by atoms with Crippen molar-refractivity contribution in [3.8, 4) is 0 Å². The molecule has 5 heteroatoms. The number of nitrogens with zero attached hydrogens (tertiary/aromatic N) is 2. The van der Waals surface area contributed by atoms with Gasteiger partial charge in [-0.1, -0.05) is 32.0 Å². The molecule has 1 rings (SSSR count). The molecular weight excluding hydrogens is 266 g/mol. The van der Waals surface area contributed by atoms with Crippen molar-refractivity contribution in [2.75, 3.05) is 19.6 Å². The van der Waals surface area contributed by atoms with Gasteiger partial charge in [-0.25, -0.2) is 0 Å². The summed E-state index contributed by atoms with van der Waals surface area (Å²) >= 11 is 0. The maximum absolute atomic E-state index is 11.2. The zero-order valence-electron chi connectivity index (χ0n) is 13.3. The highest BCUT2D eigenvalue weighted by atomic mass is 16.6. The highest BCUT2D eigenvalue weighted by molar-refractivity contribution is 5.41. The molecule has 0 aliphatic heterocycles. The molecule has 0 aliphatic carbocycles. The van der Waals surface area contributed by atoms with Crippen molar-refractivity contribution in [3.63, 3.8) is 0 Å². The van der Waals surface area contributed by atoms with Crippen LogP contribution in [-0.4, -0.2) is 35.0 Å². The Morgan fingerprint density at radius 3 is 2.29 bits per heavy atom. The highest BCUT2D eigenvalue weighted by Crippen LogP contribution is 2.26. The van der Waals surface area contributed by atoms with E-state index in [0.29, 0.717) is 13.0 Å². The van der Waals surface area contributed by atoms with Gasteiger partial charge in [-0.15, -0.1) is 0 Å². The minimum absolute atomic E-state index is 0.185. The van der Waals surface area contributed by atoms with Gasteiger partial charge < -0.3 is 5.73 Å². The molecule has 1 unspecified atom stereocenters. The summed E-state index contributed by atoms with van der Waals surface area (Å²) in [5.41, 5.74) is 6.72. The molecule has 0 amide bonds. The van der Waals surface area contributed by atoms with Gasteiger partial charge >= 0.3 is 0 Å². The second-order valence-corrected chi connectivity index (χ2v) is 5.75. The molecule has 1 aromatic carbocycles. The van der Waals surface area contributed by atoms with E-state index in [1.165, 1.54) is 0 Å². The van der Waals surface area contributed by atoms with Crippen molar-refractivity contribution in [1.82, 2.24) is 4.90 Å². The van der Waals surface area contributed by atoms with Gasteiger partial charge in [0.15, 0.2) is 0 Å². The quantitative estimate of drug-likeness (QED) is 0.561. The number of benzene rings is 1. The van der Waals surface area contributed by atoms with Crippen LogP contribution in [-0.2, 0) is 6.42 Å². The van der Waals surface area contributed by atoms with Gasteiger partial charge in [-0.05, 0) is 39.3 Å². The Kier molecular flexibility index (Phi) is 6.78. The van der Waals surface area contributed by atoms with Crippen molar-refractivity contribution in [2.24, 2.45) is 5.73 Å². The van der Waals surface area contributed by atoms with Crippen LogP contribution in [0.25, 0.3) is 0 Å². The maximum atomic E-state index is 11.2. The summed E-state index contributed by atoms with van der Waals surface area (Å²) in [4.78, 5) is 13.2. The van der Waals surface area contributed by atoms with Gasteiger partial charge in [0.05, 0.1) is 4.92 Å². The zero-order valence-corrected chi connectivity index (χ0v) is 13.3. The Labute approximate surface area is 127 Å². The Balaban J connectivity index is 3.06. The lowest BCUT2D eigenvalue weighted by molar-refractivity contribution is -0.385. The summed E-state index contributed by atoms with van der Waals surface area (Å²) in [6.07, 6.45) is 2.69. The molecule has 0 heterocycles. The average molecular weight is 293 g/mol. The summed E-state index contributed by atoms with van der Waals surface area (Å²) in [6.45, 7) is 8.80. The van der Waals surface area contributed by atoms with Crippen LogP contribution in [0.5, 0.6) is 0 Å². The SMILES string of the molecule is CCCN(CCC)C(C)(CN)Cc1ccccc1[N+](=O)[O-]. The van der Waals surface area contributed by atoms with Gasteiger partial charge in [0.25, 0.3) is 5.69 Å². The van der Waals surface area contributed by atoms with Crippen molar-refractivity contribution >= 4 is 5.69 Å². The van der Waals surface area contributed by atoms with E-state index in [9.17, 15) is 10.1 Å². The van der Waals surface area contributed by atoms with Crippen molar-refractivity contribution < 1.29 is 4.92 Å². The molecule has 0 fully saturated rings. The Hall–Kier alpha value is -1.46. The van der Waals surface area contributed by atoms with Crippen molar-refractivity contribution in [2.45, 2.75) is 45.6 Å². The normalized spacial score (nSPS) is 14.1. The minimum atomic E-state index is -0.309. The van der Waals surface area contributed by atoms with E-state index >= 15 is 0 Å². The van der Waals surface area contributed by atoms with E-state index in [1.54, 1.807) is 12.1 Å². The molecule has 2 N–H and O–H groups in total. The van der Waals surface area contributed by atoms with Gasteiger partial charge in [-0.3, -0.25) is 15.0 Å². The molecular formula is C16H27N3O2. The third-order valence-electron chi connectivity index (χ3n) is 3.95. The number of para-hydroxylation sites is 1. The predicted octanol–water partition coefficient (Wildman–Crippen LogP) is 2.98. The lowest BCUT2D eigenvalue weighted by atomic mass is 9.89. The van der Waals surface area contributed by atoms with Crippen LogP contribution in [0.1, 0.15) is 39.2 Å². The van der Waals surface area contributed by atoms with E-state index in [-0.39, 0.29) is 16.1 Å². The monoisotopic (exact) mass is 293 g/mol. The average Bonchev–Trinajstić information content (AvgIpc) is 2.47. The Bertz CT molecular complexity index is 459. The lowest BCUT2D eigenvalue weighted by Crippen LogP contribution is -2.53. The first-order valence-corrected chi connectivity index (χ1v) is 7.66. The van der Waals surface area contributed by atoms with Gasteiger partial charge in [0.1, 0.15) is 0 Å². The summed E-state index contributed by atoms with van der Waals surface area (Å²) in [6, 6.07) is 6.96. The fourth-order valence-corrected chi connectivity index (χ4v) is 2.75. The van der Waals surface area contributed by atoms with Crippen LogP contribution in [0.4, 0.5) is 5.69 Å². The van der Waals surface area contributed by atoms with Crippen LogP contribution in [0.3, 0.4) is 0 Å². The Morgan fingerprint density at radius 1 is 1.24 bits per heavy atom. The van der Waals surface area contributed by atoms with Crippen molar-refractivity contribution in [1.29, 1.82) is 0 Å². The first-order chi connectivity index (χ1) is 9.98. The predicted molar refractivity (Wildman–Crippen MR) is 86.4 cm³/mol. The van der Waals surface area contributed by atoms with Crippen LogP contribution < -0.4 is 5.73 Å². The van der Waals surface area contributed by atoms with E-state index in [2.05, 4.69) is 25.7 Å². The highest BCUT2D eigenvalue weighted by Gasteiger charge is 2.32. The summed E-state index contributed by atoms with van der Waals surface area (Å²) in [5, 5.41) is 11.2. The number of hydrogen-bond donors (Lipinski definition) is 1. The number of nitro groups is 1. The lowest BCUT2D eigenvalue weighted by Gasteiger charge is -2.40. The number of hydrogen-bond acceptors (Lipinski definition) is 4. The largest absolute Gasteiger partial charge is 0.329 e. The minimum Gasteiger partial charge on any atom is -0.329 e. The molecule has 0 aromatic heterocycles. The van der Waals surface area contributed by atoms with Crippen LogP contribution in [0.15, 0.2) is 24.3 Å². The molecule has 5 nitrogen and oxygen atoms in total. The van der Waals surface area contributed by atoms with E-state index in [4.69, 9.17) is 5.73 Å². The molecule has 0 bridgehead atoms.